The van der Waals surface area contributed by atoms with E-state index in [0.29, 0.717) is 0 Å². The quantitative estimate of drug-likeness (QED) is 0.648. The van der Waals surface area contributed by atoms with Gasteiger partial charge in [-0.2, -0.15) is 0 Å². The number of pyridine rings is 2. The van der Waals surface area contributed by atoms with Crippen molar-refractivity contribution in [1.29, 1.82) is 0 Å². The van der Waals surface area contributed by atoms with Crippen LogP contribution in [-0.2, 0) is 4.84 Å². The first kappa shape index (κ1) is 15.3. The molecule has 2 atom stereocenters. The Morgan fingerprint density at radius 2 is 1.65 bits per heavy atom. The van der Waals surface area contributed by atoms with Crippen LogP contribution in [-0.4, -0.2) is 15.7 Å². The van der Waals surface area contributed by atoms with Gasteiger partial charge in [0.25, 0.3) is 0 Å². The van der Waals surface area contributed by atoms with E-state index in [1.54, 1.807) is 0 Å². The number of aromatic nitrogens is 2. The SMILES string of the molecule is Cc1cc(C)c(C2=NO[C@H]3c4ncccc4-c4ncccc4[C@@H]23)c(C)c1. The van der Waals surface area contributed by atoms with E-state index in [1.165, 1.54) is 22.3 Å². The van der Waals surface area contributed by atoms with Crippen LogP contribution in [0.4, 0.5) is 0 Å². The molecule has 0 fully saturated rings. The second-order valence-corrected chi connectivity index (χ2v) is 7.13. The average Bonchev–Trinajstić information content (AvgIpc) is 3.06. The maximum atomic E-state index is 5.95. The van der Waals surface area contributed by atoms with Gasteiger partial charge in [0.05, 0.1) is 23.0 Å². The Morgan fingerprint density at radius 1 is 0.923 bits per heavy atom. The molecule has 0 N–H and O–H groups in total. The highest BCUT2D eigenvalue weighted by atomic mass is 16.6. The first-order valence-corrected chi connectivity index (χ1v) is 8.87. The Labute approximate surface area is 152 Å². The third kappa shape index (κ3) is 2.05. The lowest BCUT2D eigenvalue weighted by Gasteiger charge is -2.28. The van der Waals surface area contributed by atoms with Crippen LogP contribution in [0, 0.1) is 20.8 Å². The molecule has 3 heterocycles. The normalized spacial score (nSPS) is 19.9. The summed E-state index contributed by atoms with van der Waals surface area (Å²) in [5.41, 5.74) is 9.98. The summed E-state index contributed by atoms with van der Waals surface area (Å²) in [7, 11) is 0. The molecule has 0 radical (unpaired) electrons. The van der Waals surface area contributed by atoms with Gasteiger partial charge in [0.1, 0.15) is 0 Å². The van der Waals surface area contributed by atoms with Crippen molar-refractivity contribution in [3.8, 4) is 11.3 Å². The highest BCUT2D eigenvalue weighted by Crippen LogP contribution is 2.50. The predicted molar refractivity (Wildman–Crippen MR) is 101 cm³/mol. The second-order valence-electron chi connectivity index (χ2n) is 7.13. The smallest absolute Gasteiger partial charge is 0.182 e. The molecule has 0 unspecified atom stereocenters. The van der Waals surface area contributed by atoms with E-state index in [4.69, 9.17) is 4.84 Å². The molecule has 1 aliphatic carbocycles. The number of hydrogen-bond acceptors (Lipinski definition) is 4. The number of aryl methyl sites for hydroxylation is 3. The standard InChI is InChI=1S/C22H19N3O/c1-12-10-13(2)17(14(3)11-12)21-18-15-6-4-8-23-19(15)16-7-5-9-24-20(16)22(18)26-25-21/h4-11,18,22H,1-3H3/t18-,22+/m0/s1. The van der Waals surface area contributed by atoms with Crippen molar-refractivity contribution in [2.24, 2.45) is 5.16 Å². The molecule has 26 heavy (non-hydrogen) atoms. The van der Waals surface area contributed by atoms with Gasteiger partial charge in [-0.05, 0) is 55.7 Å². The molecule has 1 aliphatic heterocycles. The first-order chi connectivity index (χ1) is 12.6. The molecule has 0 saturated carbocycles. The Kier molecular flexibility index (Phi) is 3.23. The van der Waals surface area contributed by atoms with Gasteiger partial charge in [0, 0.05) is 23.5 Å². The Morgan fingerprint density at radius 3 is 2.46 bits per heavy atom. The summed E-state index contributed by atoms with van der Waals surface area (Å²) in [4.78, 5) is 15.2. The lowest BCUT2D eigenvalue weighted by Crippen LogP contribution is -2.24. The number of oxime groups is 1. The van der Waals surface area contributed by atoms with Crippen LogP contribution in [0.5, 0.6) is 0 Å². The zero-order chi connectivity index (χ0) is 17.8. The highest BCUT2D eigenvalue weighted by molar-refractivity contribution is 6.09. The van der Waals surface area contributed by atoms with Gasteiger partial charge in [-0.25, -0.2) is 0 Å². The van der Waals surface area contributed by atoms with Crippen LogP contribution in [0.3, 0.4) is 0 Å². The van der Waals surface area contributed by atoms with Crippen LogP contribution < -0.4 is 0 Å². The Hall–Kier alpha value is -3.01. The monoisotopic (exact) mass is 341 g/mol. The zero-order valence-corrected chi connectivity index (χ0v) is 15.0. The van der Waals surface area contributed by atoms with E-state index < -0.39 is 0 Å². The number of rotatable bonds is 1. The molecule has 5 rings (SSSR count). The number of nitrogens with zero attached hydrogens (tertiary/aromatic N) is 3. The third-order valence-corrected chi connectivity index (χ3v) is 5.33. The van der Waals surface area contributed by atoms with E-state index in [1.807, 2.05) is 24.5 Å². The van der Waals surface area contributed by atoms with Gasteiger partial charge in [-0.15, -0.1) is 0 Å². The van der Waals surface area contributed by atoms with Gasteiger partial charge >= 0.3 is 0 Å². The fourth-order valence-electron chi connectivity index (χ4n) is 4.42. The van der Waals surface area contributed by atoms with E-state index in [9.17, 15) is 0 Å². The minimum atomic E-state index is -0.196. The van der Waals surface area contributed by atoms with Crippen molar-refractivity contribution < 1.29 is 4.84 Å². The lowest BCUT2D eigenvalue weighted by molar-refractivity contribution is 0.0723. The van der Waals surface area contributed by atoms with Crippen molar-refractivity contribution in [2.75, 3.05) is 0 Å². The second kappa shape index (κ2) is 5.49. The lowest BCUT2D eigenvalue weighted by atomic mass is 9.76. The van der Waals surface area contributed by atoms with Gasteiger partial charge in [-0.1, -0.05) is 28.9 Å². The number of benzene rings is 1. The fourth-order valence-corrected chi connectivity index (χ4v) is 4.42. The summed E-state index contributed by atoms with van der Waals surface area (Å²) in [6.45, 7) is 6.41. The van der Waals surface area contributed by atoms with Crippen LogP contribution in [0.1, 0.15) is 45.5 Å². The minimum absolute atomic E-state index is 0.0150. The van der Waals surface area contributed by atoms with Crippen LogP contribution in [0.2, 0.25) is 0 Å². The van der Waals surface area contributed by atoms with Crippen LogP contribution in [0.25, 0.3) is 11.3 Å². The van der Waals surface area contributed by atoms with Crippen molar-refractivity contribution in [1.82, 2.24) is 9.97 Å². The van der Waals surface area contributed by atoms with E-state index in [-0.39, 0.29) is 12.0 Å². The summed E-state index contributed by atoms with van der Waals surface area (Å²) in [5, 5.41) is 4.55. The molecule has 0 amide bonds. The fraction of sp³-hybridized carbons (Fsp3) is 0.227. The molecule has 0 spiro atoms. The maximum absolute atomic E-state index is 5.95. The van der Waals surface area contributed by atoms with Crippen LogP contribution in [0.15, 0.2) is 53.9 Å². The molecular weight excluding hydrogens is 322 g/mol. The summed E-state index contributed by atoms with van der Waals surface area (Å²) >= 11 is 0. The molecule has 0 bridgehead atoms. The van der Waals surface area contributed by atoms with Crippen molar-refractivity contribution in [2.45, 2.75) is 32.8 Å². The number of fused-ring (bicyclic) bond motifs is 6. The first-order valence-electron chi connectivity index (χ1n) is 8.87. The Bertz CT molecular complexity index is 1050. The summed E-state index contributed by atoms with van der Waals surface area (Å²) in [6.07, 6.45) is 3.45. The molecule has 4 heteroatoms. The van der Waals surface area contributed by atoms with Gasteiger partial charge in [0.2, 0.25) is 0 Å². The summed E-state index contributed by atoms with van der Waals surface area (Å²) < 4.78 is 0. The molecule has 3 aromatic rings. The van der Waals surface area contributed by atoms with Crippen LogP contribution >= 0.6 is 0 Å². The molecule has 1 aromatic carbocycles. The molecule has 128 valence electrons. The molecule has 2 aliphatic rings. The molecule has 4 nitrogen and oxygen atoms in total. The maximum Gasteiger partial charge on any atom is 0.182 e. The van der Waals surface area contributed by atoms with E-state index in [0.717, 1.165) is 28.2 Å². The number of hydrogen-bond donors (Lipinski definition) is 0. The summed E-state index contributed by atoms with van der Waals surface area (Å²) in [5.74, 6) is 0.0150. The molecule has 0 saturated heterocycles. The topological polar surface area (TPSA) is 47.4 Å². The zero-order valence-electron chi connectivity index (χ0n) is 15.0. The minimum Gasteiger partial charge on any atom is -0.385 e. The molecule has 2 aromatic heterocycles. The molecular formula is C22H19N3O. The van der Waals surface area contributed by atoms with E-state index in [2.05, 4.69) is 60.2 Å². The van der Waals surface area contributed by atoms with Gasteiger partial charge in [-0.3, -0.25) is 9.97 Å². The van der Waals surface area contributed by atoms with Crippen molar-refractivity contribution >= 4 is 5.71 Å². The predicted octanol–water partition coefficient (Wildman–Crippen LogP) is 4.64. The summed E-state index contributed by atoms with van der Waals surface area (Å²) in [6, 6.07) is 12.5. The van der Waals surface area contributed by atoms with Gasteiger partial charge in [0.15, 0.2) is 6.10 Å². The Balaban J connectivity index is 1.74. The highest BCUT2D eigenvalue weighted by Gasteiger charge is 2.45. The average molecular weight is 341 g/mol. The largest absolute Gasteiger partial charge is 0.385 e. The third-order valence-electron chi connectivity index (χ3n) is 5.33. The van der Waals surface area contributed by atoms with Crippen molar-refractivity contribution in [3.63, 3.8) is 0 Å². The van der Waals surface area contributed by atoms with Crippen molar-refractivity contribution in [3.05, 3.63) is 82.3 Å². The van der Waals surface area contributed by atoms with E-state index >= 15 is 0 Å². The van der Waals surface area contributed by atoms with Gasteiger partial charge < -0.3 is 4.84 Å².